The number of nitrogens with one attached hydrogen (secondary N) is 1. The molecule has 0 heterocycles. The normalized spacial score (nSPS) is 9.78. The minimum Gasteiger partial charge on any atom is -0.462 e. The SMILES string of the molecule is CCOC(=O)c1c(C)ccc(OC(=O)NC)c1C. The zero-order valence-corrected chi connectivity index (χ0v) is 11.0. The Labute approximate surface area is 106 Å². The van der Waals surface area contributed by atoms with Crippen LogP contribution in [-0.2, 0) is 4.74 Å². The van der Waals surface area contributed by atoms with E-state index in [0.717, 1.165) is 5.56 Å². The maximum absolute atomic E-state index is 11.8. The summed E-state index contributed by atoms with van der Waals surface area (Å²) in [5.74, 6) is -0.0575. The van der Waals surface area contributed by atoms with Crippen LogP contribution in [0.5, 0.6) is 5.75 Å². The summed E-state index contributed by atoms with van der Waals surface area (Å²) in [6.07, 6.45) is -0.572. The van der Waals surface area contributed by atoms with Gasteiger partial charge in [-0.15, -0.1) is 0 Å². The van der Waals surface area contributed by atoms with E-state index in [-0.39, 0.29) is 0 Å². The van der Waals surface area contributed by atoms with Gasteiger partial charge in [-0.2, -0.15) is 0 Å². The van der Waals surface area contributed by atoms with Crippen LogP contribution in [0.25, 0.3) is 0 Å². The van der Waals surface area contributed by atoms with Crippen LogP contribution in [0.15, 0.2) is 12.1 Å². The molecule has 18 heavy (non-hydrogen) atoms. The van der Waals surface area contributed by atoms with Crippen LogP contribution >= 0.6 is 0 Å². The highest BCUT2D eigenvalue weighted by atomic mass is 16.6. The lowest BCUT2D eigenvalue weighted by Crippen LogP contribution is -2.23. The molecule has 0 saturated carbocycles. The monoisotopic (exact) mass is 251 g/mol. The zero-order valence-electron chi connectivity index (χ0n) is 11.0. The van der Waals surface area contributed by atoms with E-state index < -0.39 is 12.1 Å². The number of amides is 1. The van der Waals surface area contributed by atoms with Gasteiger partial charge in [0.15, 0.2) is 0 Å². The van der Waals surface area contributed by atoms with Gasteiger partial charge in [0.2, 0.25) is 0 Å². The van der Waals surface area contributed by atoms with Crippen molar-refractivity contribution in [2.24, 2.45) is 0 Å². The molecule has 0 spiro atoms. The van der Waals surface area contributed by atoms with E-state index in [1.165, 1.54) is 7.05 Å². The lowest BCUT2D eigenvalue weighted by atomic mass is 10.0. The highest BCUT2D eigenvalue weighted by Gasteiger charge is 2.17. The van der Waals surface area contributed by atoms with Crippen LogP contribution in [0, 0.1) is 13.8 Å². The largest absolute Gasteiger partial charge is 0.462 e. The minimum absolute atomic E-state index is 0.304. The van der Waals surface area contributed by atoms with Crippen molar-refractivity contribution in [2.45, 2.75) is 20.8 Å². The fourth-order valence-electron chi connectivity index (χ4n) is 1.61. The summed E-state index contributed by atoms with van der Waals surface area (Å²) in [6, 6.07) is 3.38. The molecule has 0 unspecified atom stereocenters. The molecular formula is C13H17NO4. The number of ether oxygens (including phenoxy) is 2. The Morgan fingerprint density at radius 3 is 2.50 bits per heavy atom. The van der Waals surface area contributed by atoms with Gasteiger partial charge in [0, 0.05) is 12.6 Å². The van der Waals surface area contributed by atoms with Crippen molar-refractivity contribution in [3.05, 3.63) is 28.8 Å². The molecule has 0 saturated heterocycles. The van der Waals surface area contributed by atoms with Gasteiger partial charge in [0.05, 0.1) is 12.2 Å². The summed E-state index contributed by atoms with van der Waals surface area (Å²) in [5, 5.41) is 2.35. The van der Waals surface area contributed by atoms with Crippen LogP contribution in [0.3, 0.4) is 0 Å². The van der Waals surface area contributed by atoms with Gasteiger partial charge in [-0.1, -0.05) is 6.07 Å². The number of carbonyl (C=O) groups excluding carboxylic acids is 2. The van der Waals surface area contributed by atoms with Crippen molar-refractivity contribution in [3.63, 3.8) is 0 Å². The van der Waals surface area contributed by atoms with Gasteiger partial charge in [-0.05, 0) is 32.4 Å². The summed E-state index contributed by atoms with van der Waals surface area (Å²) < 4.78 is 10.0. The van der Waals surface area contributed by atoms with E-state index in [2.05, 4.69) is 5.32 Å². The fourth-order valence-corrected chi connectivity index (χ4v) is 1.61. The van der Waals surface area contributed by atoms with Crippen LogP contribution < -0.4 is 10.1 Å². The van der Waals surface area contributed by atoms with Crippen LogP contribution in [-0.4, -0.2) is 25.7 Å². The highest BCUT2D eigenvalue weighted by molar-refractivity contribution is 5.93. The van der Waals surface area contributed by atoms with E-state index >= 15 is 0 Å². The molecule has 0 radical (unpaired) electrons. The van der Waals surface area contributed by atoms with E-state index in [1.54, 1.807) is 26.0 Å². The molecule has 1 rings (SSSR count). The third-order valence-corrected chi connectivity index (χ3v) is 2.51. The van der Waals surface area contributed by atoms with E-state index in [1.807, 2.05) is 6.92 Å². The molecule has 0 aromatic heterocycles. The third kappa shape index (κ3) is 3.00. The molecule has 0 aliphatic rings. The van der Waals surface area contributed by atoms with Gasteiger partial charge in [0.25, 0.3) is 0 Å². The number of hydrogen-bond acceptors (Lipinski definition) is 4. The maximum Gasteiger partial charge on any atom is 0.412 e. The molecule has 5 nitrogen and oxygen atoms in total. The molecule has 1 amide bonds. The molecule has 98 valence electrons. The Kier molecular flexibility index (Phi) is 4.71. The van der Waals surface area contributed by atoms with Crippen LogP contribution in [0.4, 0.5) is 4.79 Å². The minimum atomic E-state index is -0.572. The van der Waals surface area contributed by atoms with E-state index in [9.17, 15) is 9.59 Å². The van der Waals surface area contributed by atoms with Gasteiger partial charge < -0.3 is 14.8 Å². The number of benzene rings is 1. The Morgan fingerprint density at radius 1 is 1.28 bits per heavy atom. The Morgan fingerprint density at radius 2 is 1.94 bits per heavy atom. The number of hydrogen-bond donors (Lipinski definition) is 1. The molecular weight excluding hydrogens is 234 g/mol. The lowest BCUT2D eigenvalue weighted by Gasteiger charge is -2.13. The topological polar surface area (TPSA) is 64.6 Å². The molecule has 0 bridgehead atoms. The third-order valence-electron chi connectivity index (χ3n) is 2.51. The average molecular weight is 251 g/mol. The van der Waals surface area contributed by atoms with Crippen molar-refractivity contribution in [2.75, 3.05) is 13.7 Å². The van der Waals surface area contributed by atoms with Crippen molar-refractivity contribution in [1.82, 2.24) is 5.32 Å². The van der Waals surface area contributed by atoms with Gasteiger partial charge in [-0.25, -0.2) is 9.59 Å². The van der Waals surface area contributed by atoms with Crippen LogP contribution in [0.2, 0.25) is 0 Å². The Hall–Kier alpha value is -2.04. The standard InChI is InChI=1S/C13H17NO4/c1-5-17-12(15)11-8(2)6-7-10(9(11)3)18-13(16)14-4/h6-7H,5H2,1-4H3,(H,14,16). The first-order valence-electron chi connectivity index (χ1n) is 5.68. The average Bonchev–Trinajstić information content (AvgIpc) is 2.33. The first-order chi connectivity index (χ1) is 8.51. The molecule has 1 N–H and O–H groups in total. The van der Waals surface area contributed by atoms with Crippen molar-refractivity contribution in [1.29, 1.82) is 0 Å². The summed E-state index contributed by atoms with van der Waals surface area (Å²) in [5.41, 5.74) is 1.82. The number of rotatable bonds is 3. The molecule has 1 aromatic carbocycles. The van der Waals surface area contributed by atoms with Gasteiger partial charge >= 0.3 is 12.1 Å². The smallest absolute Gasteiger partial charge is 0.412 e. The van der Waals surface area contributed by atoms with Crippen molar-refractivity contribution < 1.29 is 19.1 Å². The Balaban J connectivity index is 3.14. The lowest BCUT2D eigenvalue weighted by molar-refractivity contribution is 0.0524. The second-order valence-electron chi connectivity index (χ2n) is 3.74. The summed E-state index contributed by atoms with van der Waals surface area (Å²) in [4.78, 5) is 23.0. The molecule has 1 aromatic rings. The molecule has 0 fully saturated rings. The molecule has 0 aliphatic carbocycles. The fraction of sp³-hybridized carbons (Fsp3) is 0.385. The quantitative estimate of drug-likeness (QED) is 0.836. The van der Waals surface area contributed by atoms with Crippen LogP contribution in [0.1, 0.15) is 28.4 Å². The first-order valence-corrected chi connectivity index (χ1v) is 5.68. The van der Waals surface area contributed by atoms with E-state index in [0.29, 0.717) is 23.5 Å². The zero-order chi connectivity index (χ0) is 13.7. The number of carbonyl (C=O) groups is 2. The maximum atomic E-state index is 11.8. The number of aryl methyl sites for hydroxylation is 1. The van der Waals surface area contributed by atoms with Crippen molar-refractivity contribution >= 4 is 12.1 Å². The predicted molar refractivity (Wildman–Crippen MR) is 67.0 cm³/mol. The second kappa shape index (κ2) is 6.05. The summed E-state index contributed by atoms with van der Waals surface area (Å²) in [7, 11) is 1.47. The molecule has 5 heteroatoms. The highest BCUT2D eigenvalue weighted by Crippen LogP contribution is 2.25. The first kappa shape index (κ1) is 14.0. The summed E-state index contributed by atoms with van der Waals surface area (Å²) >= 11 is 0. The Bertz CT molecular complexity index is 468. The van der Waals surface area contributed by atoms with E-state index in [4.69, 9.17) is 9.47 Å². The summed E-state index contributed by atoms with van der Waals surface area (Å²) in [6.45, 7) is 5.58. The predicted octanol–water partition coefficient (Wildman–Crippen LogP) is 2.20. The van der Waals surface area contributed by atoms with Gasteiger partial charge in [-0.3, -0.25) is 0 Å². The molecule has 0 aliphatic heterocycles. The molecule has 0 atom stereocenters. The van der Waals surface area contributed by atoms with Crippen molar-refractivity contribution in [3.8, 4) is 5.75 Å². The van der Waals surface area contributed by atoms with Gasteiger partial charge in [0.1, 0.15) is 5.75 Å². The second-order valence-corrected chi connectivity index (χ2v) is 3.74. The number of esters is 1.